The normalized spacial score (nSPS) is 11.2. The lowest BCUT2D eigenvalue weighted by atomic mass is 10.2. The molecule has 25 heavy (non-hydrogen) atoms. The minimum Gasteiger partial charge on any atom is -0.461 e. The molecule has 0 bridgehead atoms. The van der Waals surface area contributed by atoms with Gasteiger partial charge in [0.25, 0.3) is 0 Å². The van der Waals surface area contributed by atoms with Crippen LogP contribution in [-0.4, -0.2) is 22.1 Å². The first kappa shape index (κ1) is 15.7. The molecule has 4 rings (SSSR count). The molecule has 0 saturated carbocycles. The standard InChI is InChI=1S/C19H16N2O3S/c22-18(17-12-13-6-1-4-9-16(13)25-17)24-11-5-10-21-15-8-3-2-7-14(15)20-19(21)23/h1-4,6-9,12H,5,10-11H2,(H,20,23). The van der Waals surface area contributed by atoms with Crippen LogP contribution < -0.4 is 5.69 Å². The third-order valence-electron chi connectivity index (χ3n) is 4.07. The highest BCUT2D eigenvalue weighted by Gasteiger charge is 2.12. The Bertz CT molecular complexity index is 1070. The van der Waals surface area contributed by atoms with Crippen LogP contribution in [0.1, 0.15) is 16.1 Å². The van der Waals surface area contributed by atoms with Crippen LogP contribution in [0, 0.1) is 0 Å². The van der Waals surface area contributed by atoms with Crippen molar-refractivity contribution in [2.75, 3.05) is 6.61 Å². The second-order valence-corrected chi connectivity index (χ2v) is 6.82. The predicted octanol–water partition coefficient (Wildman–Crippen LogP) is 3.79. The monoisotopic (exact) mass is 352 g/mol. The van der Waals surface area contributed by atoms with E-state index in [1.807, 2.05) is 54.6 Å². The minimum atomic E-state index is -0.313. The second-order valence-electron chi connectivity index (χ2n) is 5.74. The smallest absolute Gasteiger partial charge is 0.348 e. The van der Waals surface area contributed by atoms with E-state index in [0.29, 0.717) is 17.8 Å². The van der Waals surface area contributed by atoms with Gasteiger partial charge in [0.15, 0.2) is 0 Å². The molecule has 0 radical (unpaired) electrons. The zero-order chi connectivity index (χ0) is 17.2. The molecule has 0 spiro atoms. The Morgan fingerprint density at radius 1 is 1.12 bits per heavy atom. The lowest BCUT2D eigenvalue weighted by Gasteiger charge is -2.05. The van der Waals surface area contributed by atoms with E-state index in [1.54, 1.807) is 4.57 Å². The maximum Gasteiger partial charge on any atom is 0.348 e. The van der Waals surface area contributed by atoms with Gasteiger partial charge in [-0.15, -0.1) is 11.3 Å². The van der Waals surface area contributed by atoms with Crippen LogP contribution >= 0.6 is 11.3 Å². The average molecular weight is 352 g/mol. The van der Waals surface area contributed by atoms with Crippen LogP contribution in [0.3, 0.4) is 0 Å². The van der Waals surface area contributed by atoms with Gasteiger partial charge in [-0.05, 0) is 36.1 Å². The molecule has 0 aliphatic rings. The Morgan fingerprint density at radius 3 is 2.80 bits per heavy atom. The van der Waals surface area contributed by atoms with Gasteiger partial charge in [0.2, 0.25) is 0 Å². The number of nitrogens with zero attached hydrogens (tertiary/aromatic N) is 1. The Balaban J connectivity index is 1.38. The van der Waals surface area contributed by atoms with Crippen LogP contribution in [0.2, 0.25) is 0 Å². The summed E-state index contributed by atoms with van der Waals surface area (Å²) in [7, 11) is 0. The summed E-state index contributed by atoms with van der Waals surface area (Å²) in [5.74, 6) is -0.313. The van der Waals surface area contributed by atoms with E-state index < -0.39 is 0 Å². The molecule has 0 saturated heterocycles. The van der Waals surface area contributed by atoms with Crippen LogP contribution in [-0.2, 0) is 11.3 Å². The lowest BCUT2D eigenvalue weighted by molar-refractivity contribution is 0.0502. The first-order valence-electron chi connectivity index (χ1n) is 8.05. The van der Waals surface area contributed by atoms with E-state index in [9.17, 15) is 9.59 Å². The highest BCUT2D eigenvalue weighted by molar-refractivity contribution is 7.20. The fraction of sp³-hybridized carbons (Fsp3) is 0.158. The number of ether oxygens (including phenoxy) is 1. The SMILES string of the molecule is O=C(OCCCn1c(=O)[nH]c2ccccc21)c1cc2ccccc2s1. The number of aromatic nitrogens is 2. The number of hydrogen-bond acceptors (Lipinski definition) is 4. The summed E-state index contributed by atoms with van der Waals surface area (Å²) in [6.45, 7) is 0.779. The quantitative estimate of drug-likeness (QED) is 0.439. The number of rotatable bonds is 5. The third kappa shape index (κ3) is 3.08. The molecule has 0 aliphatic carbocycles. The van der Waals surface area contributed by atoms with Gasteiger partial charge in [-0.25, -0.2) is 9.59 Å². The fourth-order valence-electron chi connectivity index (χ4n) is 2.87. The van der Waals surface area contributed by atoms with Crippen molar-refractivity contribution in [2.24, 2.45) is 0 Å². The molecule has 0 atom stereocenters. The molecule has 2 aromatic heterocycles. The fourth-order valence-corrected chi connectivity index (χ4v) is 3.83. The van der Waals surface area contributed by atoms with Crippen LogP contribution in [0.25, 0.3) is 21.1 Å². The lowest BCUT2D eigenvalue weighted by Crippen LogP contribution is -2.18. The number of carbonyl (C=O) groups is 1. The van der Waals surface area contributed by atoms with E-state index in [-0.39, 0.29) is 18.3 Å². The largest absolute Gasteiger partial charge is 0.461 e. The van der Waals surface area contributed by atoms with Crippen molar-refractivity contribution in [3.63, 3.8) is 0 Å². The number of H-pyrrole nitrogens is 1. The van der Waals surface area contributed by atoms with Crippen molar-refractivity contribution in [1.82, 2.24) is 9.55 Å². The van der Waals surface area contributed by atoms with Gasteiger partial charge < -0.3 is 9.72 Å². The maximum atomic E-state index is 12.2. The molecule has 126 valence electrons. The Kier molecular flexibility index (Phi) is 4.11. The Labute approximate surface area is 147 Å². The van der Waals surface area contributed by atoms with Gasteiger partial charge in [-0.1, -0.05) is 30.3 Å². The van der Waals surface area contributed by atoms with Crippen molar-refractivity contribution in [3.8, 4) is 0 Å². The zero-order valence-electron chi connectivity index (χ0n) is 13.4. The van der Waals surface area contributed by atoms with Gasteiger partial charge in [0.05, 0.1) is 17.6 Å². The van der Waals surface area contributed by atoms with Crippen molar-refractivity contribution >= 4 is 38.4 Å². The molecule has 2 aromatic carbocycles. The van der Waals surface area contributed by atoms with Crippen LogP contribution in [0.5, 0.6) is 0 Å². The predicted molar refractivity (Wildman–Crippen MR) is 99.3 cm³/mol. The number of thiophene rings is 1. The number of aryl methyl sites for hydroxylation is 1. The molecule has 0 fully saturated rings. The van der Waals surface area contributed by atoms with Crippen molar-refractivity contribution in [2.45, 2.75) is 13.0 Å². The highest BCUT2D eigenvalue weighted by Crippen LogP contribution is 2.25. The van der Waals surface area contributed by atoms with Crippen molar-refractivity contribution in [3.05, 3.63) is 70.0 Å². The first-order chi connectivity index (χ1) is 12.2. The molecule has 4 aromatic rings. The number of aromatic amines is 1. The van der Waals surface area contributed by atoms with Gasteiger partial charge >= 0.3 is 11.7 Å². The summed E-state index contributed by atoms with van der Waals surface area (Å²) in [5, 5.41) is 1.05. The van der Waals surface area contributed by atoms with E-state index >= 15 is 0 Å². The Hall–Kier alpha value is -2.86. The molecule has 1 N–H and O–H groups in total. The van der Waals surface area contributed by atoms with E-state index in [2.05, 4.69) is 4.98 Å². The van der Waals surface area contributed by atoms with Crippen LogP contribution in [0.15, 0.2) is 59.4 Å². The summed E-state index contributed by atoms with van der Waals surface area (Å²) < 4.78 is 8.09. The van der Waals surface area contributed by atoms with Gasteiger partial charge in [-0.2, -0.15) is 0 Å². The number of benzene rings is 2. The summed E-state index contributed by atoms with van der Waals surface area (Å²) in [5.41, 5.74) is 1.54. The topological polar surface area (TPSA) is 64.1 Å². The first-order valence-corrected chi connectivity index (χ1v) is 8.87. The minimum absolute atomic E-state index is 0.142. The third-order valence-corrected chi connectivity index (χ3v) is 5.16. The summed E-state index contributed by atoms with van der Waals surface area (Å²) in [4.78, 5) is 27.6. The van der Waals surface area contributed by atoms with Gasteiger partial charge in [0.1, 0.15) is 4.88 Å². The molecule has 0 unspecified atom stereocenters. The molecule has 6 heteroatoms. The average Bonchev–Trinajstić information content (AvgIpc) is 3.19. The molecule has 0 amide bonds. The van der Waals surface area contributed by atoms with E-state index in [0.717, 1.165) is 21.1 Å². The number of nitrogens with one attached hydrogen (secondary N) is 1. The van der Waals surface area contributed by atoms with Crippen LogP contribution in [0.4, 0.5) is 0 Å². The number of hydrogen-bond donors (Lipinski definition) is 1. The van der Waals surface area contributed by atoms with E-state index in [1.165, 1.54) is 11.3 Å². The molecular formula is C19H16N2O3S. The molecular weight excluding hydrogens is 336 g/mol. The van der Waals surface area contributed by atoms with E-state index in [4.69, 9.17) is 4.74 Å². The molecule has 2 heterocycles. The van der Waals surface area contributed by atoms with Gasteiger partial charge in [-0.3, -0.25) is 4.57 Å². The number of para-hydroxylation sites is 2. The van der Waals surface area contributed by atoms with Gasteiger partial charge in [0, 0.05) is 11.2 Å². The molecule has 5 nitrogen and oxygen atoms in total. The number of carbonyl (C=O) groups excluding carboxylic acids is 1. The second kappa shape index (κ2) is 6.57. The molecule has 0 aliphatic heterocycles. The number of fused-ring (bicyclic) bond motifs is 2. The number of imidazole rings is 1. The maximum absolute atomic E-state index is 12.2. The summed E-state index contributed by atoms with van der Waals surface area (Å²) in [6.07, 6.45) is 0.582. The Morgan fingerprint density at radius 2 is 1.92 bits per heavy atom. The summed E-state index contributed by atoms with van der Waals surface area (Å²) in [6, 6.07) is 17.3. The van der Waals surface area contributed by atoms with Crippen molar-refractivity contribution in [1.29, 1.82) is 0 Å². The zero-order valence-corrected chi connectivity index (χ0v) is 14.2. The summed E-state index contributed by atoms with van der Waals surface area (Å²) >= 11 is 1.43. The highest BCUT2D eigenvalue weighted by atomic mass is 32.1. The number of esters is 1. The van der Waals surface area contributed by atoms with Crippen molar-refractivity contribution < 1.29 is 9.53 Å².